The highest BCUT2D eigenvalue weighted by Gasteiger charge is 2.32. The van der Waals surface area contributed by atoms with Crippen molar-refractivity contribution in [3.63, 3.8) is 0 Å². The summed E-state index contributed by atoms with van der Waals surface area (Å²) in [6.07, 6.45) is 6.18. The molecule has 0 bridgehead atoms. The van der Waals surface area contributed by atoms with Crippen LogP contribution in [0.2, 0.25) is 0 Å². The summed E-state index contributed by atoms with van der Waals surface area (Å²) in [6, 6.07) is 1.43. The molecule has 5 heteroatoms. The molecule has 0 atom stereocenters. The zero-order valence-corrected chi connectivity index (χ0v) is 11.6. The first-order chi connectivity index (χ1) is 9.10. The Morgan fingerprint density at radius 1 is 1.37 bits per heavy atom. The second kappa shape index (κ2) is 5.55. The molecule has 1 saturated heterocycles. The SMILES string of the molecule is CCC1(CC)CCN(c2nccc(C(=O)O)n2)CC1. The fourth-order valence-corrected chi connectivity index (χ4v) is 2.76. The molecule has 19 heavy (non-hydrogen) atoms. The summed E-state index contributed by atoms with van der Waals surface area (Å²) in [5.74, 6) is -0.460. The van der Waals surface area contributed by atoms with Gasteiger partial charge in [0.2, 0.25) is 5.95 Å². The predicted octanol–water partition coefficient (Wildman–Crippen LogP) is 2.58. The number of hydrogen-bond donors (Lipinski definition) is 1. The molecule has 0 radical (unpaired) electrons. The van der Waals surface area contributed by atoms with Crippen LogP contribution < -0.4 is 4.90 Å². The van der Waals surface area contributed by atoms with Crippen LogP contribution in [0.15, 0.2) is 12.3 Å². The third-order valence-corrected chi connectivity index (χ3v) is 4.47. The maximum Gasteiger partial charge on any atom is 0.354 e. The van der Waals surface area contributed by atoms with Crippen molar-refractivity contribution in [2.45, 2.75) is 39.5 Å². The average molecular weight is 263 g/mol. The number of carboxylic acids is 1. The Balaban J connectivity index is 2.09. The van der Waals surface area contributed by atoms with Crippen LogP contribution in [0.25, 0.3) is 0 Å². The molecule has 2 heterocycles. The van der Waals surface area contributed by atoms with E-state index in [1.807, 2.05) is 0 Å². The van der Waals surface area contributed by atoms with Gasteiger partial charge in [0.15, 0.2) is 5.69 Å². The van der Waals surface area contributed by atoms with Crippen LogP contribution in [0.5, 0.6) is 0 Å². The van der Waals surface area contributed by atoms with Gasteiger partial charge in [-0.2, -0.15) is 0 Å². The molecule has 1 N–H and O–H groups in total. The Kier molecular flexibility index (Phi) is 4.02. The Morgan fingerprint density at radius 3 is 2.53 bits per heavy atom. The highest BCUT2D eigenvalue weighted by molar-refractivity contribution is 5.85. The molecule has 5 nitrogen and oxygen atoms in total. The number of piperidine rings is 1. The third kappa shape index (κ3) is 2.85. The van der Waals surface area contributed by atoms with Crippen LogP contribution in [0, 0.1) is 5.41 Å². The third-order valence-electron chi connectivity index (χ3n) is 4.47. The molecule has 0 saturated carbocycles. The first kappa shape index (κ1) is 13.8. The Labute approximate surface area is 113 Å². The molecule has 2 rings (SSSR count). The highest BCUT2D eigenvalue weighted by atomic mass is 16.4. The van der Waals surface area contributed by atoms with Crippen LogP contribution in [-0.4, -0.2) is 34.1 Å². The molecule has 1 aromatic heterocycles. The quantitative estimate of drug-likeness (QED) is 0.904. The van der Waals surface area contributed by atoms with Gasteiger partial charge in [0.25, 0.3) is 0 Å². The van der Waals surface area contributed by atoms with Crippen molar-refractivity contribution in [1.82, 2.24) is 9.97 Å². The minimum atomic E-state index is -1.00. The lowest BCUT2D eigenvalue weighted by Gasteiger charge is -2.41. The summed E-state index contributed by atoms with van der Waals surface area (Å²) in [6.45, 7) is 6.32. The van der Waals surface area contributed by atoms with E-state index < -0.39 is 5.97 Å². The van der Waals surface area contributed by atoms with E-state index >= 15 is 0 Å². The van der Waals surface area contributed by atoms with E-state index in [1.165, 1.54) is 25.1 Å². The molecule has 1 fully saturated rings. The van der Waals surface area contributed by atoms with E-state index in [1.54, 1.807) is 0 Å². The monoisotopic (exact) mass is 263 g/mol. The lowest BCUT2D eigenvalue weighted by molar-refractivity contribution is 0.0690. The lowest BCUT2D eigenvalue weighted by Crippen LogP contribution is -2.40. The van der Waals surface area contributed by atoms with E-state index in [-0.39, 0.29) is 5.69 Å². The summed E-state index contributed by atoms with van der Waals surface area (Å²) >= 11 is 0. The summed E-state index contributed by atoms with van der Waals surface area (Å²) in [5, 5.41) is 8.96. The maximum absolute atomic E-state index is 10.9. The van der Waals surface area contributed by atoms with Crippen LogP contribution in [-0.2, 0) is 0 Å². The Morgan fingerprint density at radius 2 is 2.00 bits per heavy atom. The molecular formula is C14H21N3O2. The topological polar surface area (TPSA) is 66.3 Å². The molecule has 0 spiro atoms. The number of aromatic carboxylic acids is 1. The van der Waals surface area contributed by atoms with Gasteiger partial charge in [0.05, 0.1) is 0 Å². The van der Waals surface area contributed by atoms with Gasteiger partial charge in [-0.3, -0.25) is 0 Å². The second-order valence-corrected chi connectivity index (χ2v) is 5.24. The van der Waals surface area contributed by atoms with Gasteiger partial charge in [0, 0.05) is 19.3 Å². The first-order valence-corrected chi connectivity index (χ1v) is 6.91. The smallest absolute Gasteiger partial charge is 0.354 e. The summed E-state index contributed by atoms with van der Waals surface area (Å²) < 4.78 is 0. The van der Waals surface area contributed by atoms with Crippen molar-refractivity contribution in [1.29, 1.82) is 0 Å². The van der Waals surface area contributed by atoms with Crippen molar-refractivity contribution in [2.24, 2.45) is 5.41 Å². The highest BCUT2D eigenvalue weighted by Crippen LogP contribution is 2.38. The van der Waals surface area contributed by atoms with E-state index in [4.69, 9.17) is 5.11 Å². The predicted molar refractivity (Wildman–Crippen MR) is 73.5 cm³/mol. The number of carbonyl (C=O) groups is 1. The van der Waals surface area contributed by atoms with Gasteiger partial charge in [-0.25, -0.2) is 14.8 Å². The molecule has 0 amide bonds. The van der Waals surface area contributed by atoms with Crippen molar-refractivity contribution < 1.29 is 9.90 Å². The standard InChI is InChI=1S/C14H21N3O2/c1-3-14(4-2)6-9-17(10-7-14)13-15-8-5-11(16-13)12(18)19/h5,8H,3-4,6-7,9-10H2,1-2H3,(H,18,19). The molecule has 104 valence electrons. The van der Waals surface area contributed by atoms with E-state index in [0.29, 0.717) is 11.4 Å². The minimum Gasteiger partial charge on any atom is -0.477 e. The van der Waals surface area contributed by atoms with Crippen LogP contribution in [0.3, 0.4) is 0 Å². The number of carboxylic acid groups (broad SMARTS) is 1. The van der Waals surface area contributed by atoms with E-state index in [0.717, 1.165) is 25.9 Å². The first-order valence-electron chi connectivity index (χ1n) is 6.91. The fourth-order valence-electron chi connectivity index (χ4n) is 2.76. The van der Waals surface area contributed by atoms with E-state index in [9.17, 15) is 4.79 Å². The maximum atomic E-state index is 10.9. The van der Waals surface area contributed by atoms with Crippen LogP contribution in [0.1, 0.15) is 50.0 Å². The van der Waals surface area contributed by atoms with Gasteiger partial charge in [-0.1, -0.05) is 26.7 Å². The van der Waals surface area contributed by atoms with Crippen LogP contribution >= 0.6 is 0 Å². The summed E-state index contributed by atoms with van der Waals surface area (Å²) in [5.41, 5.74) is 0.508. The summed E-state index contributed by atoms with van der Waals surface area (Å²) in [7, 11) is 0. The minimum absolute atomic E-state index is 0.0628. The van der Waals surface area contributed by atoms with Crippen molar-refractivity contribution >= 4 is 11.9 Å². The number of aromatic nitrogens is 2. The molecule has 0 aromatic carbocycles. The van der Waals surface area contributed by atoms with Gasteiger partial charge in [-0.15, -0.1) is 0 Å². The number of hydrogen-bond acceptors (Lipinski definition) is 4. The van der Waals surface area contributed by atoms with Gasteiger partial charge in [0.1, 0.15) is 0 Å². The van der Waals surface area contributed by atoms with E-state index in [2.05, 4.69) is 28.7 Å². The normalized spacial score (nSPS) is 18.3. The number of anilines is 1. The zero-order valence-electron chi connectivity index (χ0n) is 11.6. The van der Waals surface area contributed by atoms with Gasteiger partial charge in [-0.05, 0) is 24.3 Å². The molecular weight excluding hydrogens is 242 g/mol. The van der Waals surface area contributed by atoms with Gasteiger partial charge >= 0.3 is 5.97 Å². The van der Waals surface area contributed by atoms with Crippen molar-refractivity contribution in [2.75, 3.05) is 18.0 Å². The zero-order chi connectivity index (χ0) is 13.9. The molecule has 1 aromatic rings. The van der Waals surface area contributed by atoms with Crippen LogP contribution in [0.4, 0.5) is 5.95 Å². The lowest BCUT2D eigenvalue weighted by atomic mass is 9.74. The molecule has 1 aliphatic heterocycles. The summed E-state index contributed by atoms with van der Waals surface area (Å²) in [4.78, 5) is 21.3. The Bertz CT molecular complexity index is 448. The number of rotatable bonds is 4. The Hall–Kier alpha value is -1.65. The average Bonchev–Trinajstić information content (AvgIpc) is 2.47. The number of nitrogens with zero attached hydrogens (tertiary/aromatic N) is 3. The molecule has 1 aliphatic rings. The fraction of sp³-hybridized carbons (Fsp3) is 0.643. The molecule has 0 unspecified atom stereocenters. The van der Waals surface area contributed by atoms with Gasteiger partial charge < -0.3 is 10.0 Å². The van der Waals surface area contributed by atoms with Crippen molar-refractivity contribution in [3.05, 3.63) is 18.0 Å². The van der Waals surface area contributed by atoms with Crippen molar-refractivity contribution in [3.8, 4) is 0 Å². The second-order valence-electron chi connectivity index (χ2n) is 5.24. The molecule has 0 aliphatic carbocycles. The largest absolute Gasteiger partial charge is 0.477 e.